The zero-order valence-corrected chi connectivity index (χ0v) is 9.66. The second kappa shape index (κ2) is 3.96. The molecule has 2 aromatic rings. The molecule has 0 radical (unpaired) electrons. The number of fused-ring (bicyclic) bond motifs is 1. The molecular weight excluding hydrogens is 202 g/mol. The van der Waals surface area contributed by atoms with Gasteiger partial charge in [-0.05, 0) is 17.7 Å². The van der Waals surface area contributed by atoms with Gasteiger partial charge in [-0.15, -0.1) is 0 Å². The lowest BCUT2D eigenvalue weighted by Gasteiger charge is -2.01. The van der Waals surface area contributed by atoms with E-state index in [9.17, 15) is 0 Å². The van der Waals surface area contributed by atoms with Crippen molar-refractivity contribution < 1.29 is 4.74 Å². The maximum atomic E-state index is 7.27. The summed E-state index contributed by atoms with van der Waals surface area (Å²) < 4.78 is 5.28. The highest BCUT2D eigenvalue weighted by Gasteiger charge is 2.11. The van der Waals surface area contributed by atoms with E-state index < -0.39 is 0 Å². The molecule has 0 aliphatic heterocycles. The Kier molecular flexibility index (Phi) is 2.64. The SMILES string of the molecule is COc1cc(C=N)cc2[nH]c(C(C)C)nc12. The van der Waals surface area contributed by atoms with Gasteiger partial charge < -0.3 is 15.1 Å². The summed E-state index contributed by atoms with van der Waals surface area (Å²) in [5.41, 5.74) is 2.56. The Morgan fingerprint density at radius 3 is 2.75 bits per heavy atom. The fourth-order valence-corrected chi connectivity index (χ4v) is 1.64. The van der Waals surface area contributed by atoms with Gasteiger partial charge in [0, 0.05) is 12.1 Å². The van der Waals surface area contributed by atoms with E-state index >= 15 is 0 Å². The van der Waals surface area contributed by atoms with Gasteiger partial charge in [0.25, 0.3) is 0 Å². The van der Waals surface area contributed by atoms with Crippen LogP contribution in [0.1, 0.15) is 31.2 Å². The molecule has 0 saturated heterocycles. The predicted octanol–water partition coefficient (Wildman–Crippen LogP) is 2.69. The molecule has 1 heterocycles. The molecule has 0 bridgehead atoms. The molecule has 0 fully saturated rings. The van der Waals surface area contributed by atoms with Crippen LogP contribution in [0.2, 0.25) is 0 Å². The fourth-order valence-electron chi connectivity index (χ4n) is 1.64. The number of benzene rings is 1. The molecule has 2 N–H and O–H groups in total. The summed E-state index contributed by atoms with van der Waals surface area (Å²) in [6, 6.07) is 3.73. The van der Waals surface area contributed by atoms with E-state index in [0.717, 1.165) is 22.4 Å². The molecule has 2 rings (SSSR count). The van der Waals surface area contributed by atoms with Crippen LogP contribution < -0.4 is 4.74 Å². The van der Waals surface area contributed by atoms with E-state index in [1.807, 2.05) is 12.1 Å². The number of nitrogens with zero attached hydrogens (tertiary/aromatic N) is 1. The van der Waals surface area contributed by atoms with E-state index in [1.54, 1.807) is 7.11 Å². The molecule has 0 unspecified atom stereocenters. The van der Waals surface area contributed by atoms with E-state index in [4.69, 9.17) is 10.1 Å². The normalized spacial score (nSPS) is 11.0. The van der Waals surface area contributed by atoms with Crippen LogP contribution in [-0.4, -0.2) is 23.3 Å². The van der Waals surface area contributed by atoms with Crippen molar-refractivity contribution in [1.29, 1.82) is 5.41 Å². The second-order valence-electron chi connectivity index (χ2n) is 4.04. The number of rotatable bonds is 3. The van der Waals surface area contributed by atoms with Crippen molar-refractivity contribution in [2.75, 3.05) is 7.11 Å². The minimum atomic E-state index is 0.348. The topological polar surface area (TPSA) is 61.8 Å². The summed E-state index contributed by atoms with van der Waals surface area (Å²) in [4.78, 5) is 7.75. The molecule has 0 aliphatic rings. The lowest BCUT2D eigenvalue weighted by molar-refractivity contribution is 0.419. The van der Waals surface area contributed by atoms with Crippen molar-refractivity contribution >= 4 is 17.2 Å². The van der Waals surface area contributed by atoms with Gasteiger partial charge in [-0.2, -0.15) is 0 Å². The summed E-state index contributed by atoms with van der Waals surface area (Å²) in [5, 5.41) is 7.27. The summed E-state index contributed by atoms with van der Waals surface area (Å²) in [7, 11) is 1.62. The first-order chi connectivity index (χ1) is 7.65. The summed E-state index contributed by atoms with van der Waals surface area (Å²) in [6.45, 7) is 4.17. The zero-order valence-electron chi connectivity index (χ0n) is 9.66. The predicted molar refractivity (Wildman–Crippen MR) is 64.6 cm³/mol. The van der Waals surface area contributed by atoms with Gasteiger partial charge in [0.1, 0.15) is 17.1 Å². The van der Waals surface area contributed by atoms with E-state index in [1.165, 1.54) is 6.21 Å². The molecule has 1 aromatic heterocycles. The van der Waals surface area contributed by atoms with Crippen molar-refractivity contribution in [1.82, 2.24) is 9.97 Å². The number of hydrogen-bond acceptors (Lipinski definition) is 3. The first-order valence-corrected chi connectivity index (χ1v) is 5.24. The van der Waals surface area contributed by atoms with Crippen LogP contribution in [0.4, 0.5) is 0 Å². The maximum absolute atomic E-state index is 7.27. The molecule has 4 heteroatoms. The van der Waals surface area contributed by atoms with Gasteiger partial charge in [0.05, 0.1) is 12.6 Å². The molecule has 16 heavy (non-hydrogen) atoms. The van der Waals surface area contributed by atoms with Crippen molar-refractivity contribution in [2.24, 2.45) is 0 Å². The van der Waals surface area contributed by atoms with Crippen molar-refractivity contribution in [3.63, 3.8) is 0 Å². The molecule has 0 amide bonds. The number of aromatic amines is 1. The van der Waals surface area contributed by atoms with Crippen LogP contribution in [0.15, 0.2) is 12.1 Å². The largest absolute Gasteiger partial charge is 0.494 e. The number of H-pyrrole nitrogens is 1. The third-order valence-electron chi connectivity index (χ3n) is 2.53. The highest BCUT2D eigenvalue weighted by molar-refractivity contribution is 5.90. The molecule has 0 aliphatic carbocycles. The number of aromatic nitrogens is 2. The van der Waals surface area contributed by atoms with E-state index in [-0.39, 0.29) is 0 Å². The summed E-state index contributed by atoms with van der Waals surface area (Å²) >= 11 is 0. The maximum Gasteiger partial charge on any atom is 0.147 e. The highest BCUT2D eigenvalue weighted by Crippen LogP contribution is 2.26. The molecule has 0 saturated carbocycles. The van der Waals surface area contributed by atoms with Gasteiger partial charge in [-0.25, -0.2) is 4.98 Å². The molecule has 1 aromatic carbocycles. The number of hydrogen-bond donors (Lipinski definition) is 2. The van der Waals surface area contributed by atoms with Crippen LogP contribution in [0.3, 0.4) is 0 Å². The quantitative estimate of drug-likeness (QED) is 0.776. The van der Waals surface area contributed by atoms with Gasteiger partial charge in [-0.3, -0.25) is 0 Å². The minimum Gasteiger partial charge on any atom is -0.494 e. The van der Waals surface area contributed by atoms with Gasteiger partial charge in [0.15, 0.2) is 0 Å². The highest BCUT2D eigenvalue weighted by atomic mass is 16.5. The standard InChI is InChI=1S/C12H15N3O/c1-7(2)12-14-9-4-8(6-13)5-10(16-3)11(9)15-12/h4-7,13H,1-3H3,(H,14,15). The number of imidazole rings is 1. The fraction of sp³-hybridized carbons (Fsp3) is 0.333. The molecule has 84 valence electrons. The van der Waals surface area contributed by atoms with Gasteiger partial charge >= 0.3 is 0 Å². The van der Waals surface area contributed by atoms with Crippen molar-refractivity contribution in [3.05, 3.63) is 23.5 Å². The van der Waals surface area contributed by atoms with Crippen LogP contribution in [0.25, 0.3) is 11.0 Å². The van der Waals surface area contributed by atoms with Crippen molar-refractivity contribution in [3.8, 4) is 5.75 Å². The smallest absolute Gasteiger partial charge is 0.147 e. The van der Waals surface area contributed by atoms with Crippen LogP contribution in [0, 0.1) is 5.41 Å². The average molecular weight is 217 g/mol. The van der Waals surface area contributed by atoms with Gasteiger partial charge in [-0.1, -0.05) is 13.8 Å². The third-order valence-corrected chi connectivity index (χ3v) is 2.53. The van der Waals surface area contributed by atoms with Crippen molar-refractivity contribution in [2.45, 2.75) is 19.8 Å². The minimum absolute atomic E-state index is 0.348. The molecule has 0 atom stereocenters. The zero-order chi connectivity index (χ0) is 11.7. The Morgan fingerprint density at radius 1 is 1.44 bits per heavy atom. The first-order valence-electron chi connectivity index (χ1n) is 5.24. The molecular formula is C12H15N3O. The monoisotopic (exact) mass is 217 g/mol. The second-order valence-corrected chi connectivity index (χ2v) is 4.04. The number of methoxy groups -OCH3 is 1. The Bertz CT molecular complexity index is 528. The Balaban J connectivity index is 2.69. The average Bonchev–Trinajstić information content (AvgIpc) is 2.71. The Morgan fingerprint density at radius 2 is 2.19 bits per heavy atom. The van der Waals surface area contributed by atoms with Gasteiger partial charge in [0.2, 0.25) is 0 Å². The van der Waals surface area contributed by atoms with Crippen LogP contribution in [0.5, 0.6) is 5.75 Å². The van der Waals surface area contributed by atoms with Crippen LogP contribution >= 0.6 is 0 Å². The lowest BCUT2D eigenvalue weighted by atomic mass is 10.2. The Labute approximate surface area is 94.2 Å². The lowest BCUT2D eigenvalue weighted by Crippen LogP contribution is -1.89. The number of nitrogens with one attached hydrogen (secondary N) is 2. The third kappa shape index (κ3) is 1.66. The molecule has 0 spiro atoms. The van der Waals surface area contributed by atoms with Crippen LogP contribution in [-0.2, 0) is 0 Å². The Hall–Kier alpha value is -1.84. The van der Waals surface area contributed by atoms with E-state index in [2.05, 4.69) is 23.8 Å². The first kappa shape index (κ1) is 10.7. The number of ether oxygens (including phenoxy) is 1. The summed E-state index contributed by atoms with van der Waals surface area (Å²) in [5.74, 6) is 2.00. The van der Waals surface area contributed by atoms with E-state index in [0.29, 0.717) is 11.7 Å². The summed E-state index contributed by atoms with van der Waals surface area (Å²) in [6.07, 6.45) is 1.30. The molecule has 4 nitrogen and oxygen atoms in total.